The van der Waals surface area contributed by atoms with Crippen LogP contribution in [0.2, 0.25) is 0 Å². The topological polar surface area (TPSA) is 38.9 Å². The highest BCUT2D eigenvalue weighted by molar-refractivity contribution is 7.09. The van der Waals surface area contributed by atoms with Gasteiger partial charge >= 0.3 is 0 Å². The molecule has 1 heterocycles. The van der Waals surface area contributed by atoms with Crippen molar-refractivity contribution in [3.63, 3.8) is 0 Å². The number of rotatable bonds is 3. The highest BCUT2D eigenvalue weighted by Gasteiger charge is 2.22. The van der Waals surface area contributed by atoms with E-state index in [1.807, 2.05) is 0 Å². The summed E-state index contributed by atoms with van der Waals surface area (Å²) >= 11 is 1.77. The van der Waals surface area contributed by atoms with Crippen LogP contribution < -0.4 is 5.73 Å². The number of aromatic nitrogens is 1. The van der Waals surface area contributed by atoms with Crippen LogP contribution in [0.5, 0.6) is 0 Å². The minimum atomic E-state index is 0.429. The summed E-state index contributed by atoms with van der Waals surface area (Å²) in [7, 11) is 0. The van der Waals surface area contributed by atoms with Gasteiger partial charge in [0.15, 0.2) is 0 Å². The molecule has 0 amide bonds. The molecule has 1 aromatic heterocycles. The van der Waals surface area contributed by atoms with E-state index in [0.29, 0.717) is 12.5 Å². The van der Waals surface area contributed by atoms with Gasteiger partial charge in [0.2, 0.25) is 0 Å². The third-order valence-corrected chi connectivity index (χ3v) is 3.93. The maximum Gasteiger partial charge on any atom is 0.0969 e. The summed E-state index contributed by atoms with van der Waals surface area (Å²) in [6, 6.07) is 0. The van der Waals surface area contributed by atoms with E-state index in [9.17, 15) is 0 Å². The van der Waals surface area contributed by atoms with E-state index in [2.05, 4.69) is 17.3 Å². The van der Waals surface area contributed by atoms with Crippen LogP contribution in [-0.2, 0) is 0 Å². The molecule has 0 saturated heterocycles. The van der Waals surface area contributed by atoms with Gasteiger partial charge in [-0.05, 0) is 12.8 Å². The van der Waals surface area contributed by atoms with Gasteiger partial charge in [-0.15, -0.1) is 11.3 Å². The van der Waals surface area contributed by atoms with Crippen molar-refractivity contribution in [1.82, 2.24) is 4.98 Å². The lowest BCUT2D eigenvalue weighted by atomic mass is 9.83. The average molecular weight is 196 g/mol. The van der Waals surface area contributed by atoms with Gasteiger partial charge in [-0.3, -0.25) is 0 Å². The van der Waals surface area contributed by atoms with E-state index < -0.39 is 0 Å². The Morgan fingerprint density at radius 3 is 3.00 bits per heavy atom. The lowest BCUT2D eigenvalue weighted by molar-refractivity contribution is 0.412. The summed E-state index contributed by atoms with van der Waals surface area (Å²) in [5.74, 6) is 1.19. The second kappa shape index (κ2) is 3.76. The molecule has 1 atom stereocenters. The van der Waals surface area contributed by atoms with E-state index in [1.165, 1.54) is 30.0 Å². The van der Waals surface area contributed by atoms with Crippen molar-refractivity contribution in [1.29, 1.82) is 0 Å². The predicted molar refractivity (Wildman–Crippen MR) is 56.2 cm³/mol. The summed E-state index contributed by atoms with van der Waals surface area (Å²) in [6.45, 7) is 2.85. The first-order valence-corrected chi connectivity index (χ1v) is 5.84. The van der Waals surface area contributed by atoms with Crippen LogP contribution >= 0.6 is 11.3 Å². The van der Waals surface area contributed by atoms with Crippen LogP contribution in [0.4, 0.5) is 0 Å². The van der Waals surface area contributed by atoms with Gasteiger partial charge in [0.25, 0.3) is 0 Å². The minimum absolute atomic E-state index is 0.429. The Kier molecular flexibility index (Phi) is 2.65. The Balaban J connectivity index is 2.08. The molecule has 72 valence electrons. The molecular weight excluding hydrogens is 180 g/mol. The number of nitrogens with two attached hydrogens (primary N) is 1. The van der Waals surface area contributed by atoms with E-state index in [0.717, 1.165) is 5.92 Å². The van der Waals surface area contributed by atoms with Gasteiger partial charge in [0.05, 0.1) is 10.7 Å². The first-order valence-electron chi connectivity index (χ1n) is 4.96. The molecule has 1 aliphatic rings. The van der Waals surface area contributed by atoms with Crippen molar-refractivity contribution in [3.05, 3.63) is 16.1 Å². The first kappa shape index (κ1) is 9.16. The Hall–Kier alpha value is -0.410. The normalized spacial score (nSPS) is 19.8. The zero-order valence-corrected chi connectivity index (χ0v) is 8.81. The van der Waals surface area contributed by atoms with Crippen molar-refractivity contribution in [2.45, 2.75) is 38.0 Å². The summed E-state index contributed by atoms with van der Waals surface area (Å²) in [6.07, 6.45) is 4.05. The van der Waals surface area contributed by atoms with E-state index in [4.69, 9.17) is 5.73 Å². The maximum absolute atomic E-state index is 5.60. The van der Waals surface area contributed by atoms with Gasteiger partial charge in [0, 0.05) is 23.8 Å². The summed E-state index contributed by atoms with van der Waals surface area (Å²) in [5.41, 5.74) is 6.91. The largest absolute Gasteiger partial charge is 0.330 e. The Morgan fingerprint density at radius 2 is 2.46 bits per heavy atom. The molecule has 3 heteroatoms. The molecule has 1 saturated carbocycles. The molecule has 13 heavy (non-hydrogen) atoms. The van der Waals surface area contributed by atoms with Crippen molar-refractivity contribution in [2.24, 2.45) is 5.73 Å². The standard InChI is InChI=1S/C10H16N2S/c1-7(5-11)10-12-9(6-13-10)8-3-2-4-8/h6-8H,2-5,11H2,1H3. The maximum atomic E-state index is 5.60. The second-order valence-electron chi connectivity index (χ2n) is 3.88. The van der Waals surface area contributed by atoms with Crippen molar-refractivity contribution < 1.29 is 0 Å². The molecule has 2 N–H and O–H groups in total. The van der Waals surface area contributed by atoms with Gasteiger partial charge < -0.3 is 5.73 Å². The minimum Gasteiger partial charge on any atom is -0.330 e. The van der Waals surface area contributed by atoms with Crippen LogP contribution in [0, 0.1) is 0 Å². The van der Waals surface area contributed by atoms with Crippen molar-refractivity contribution in [2.75, 3.05) is 6.54 Å². The Bertz CT molecular complexity index is 259. The highest BCUT2D eigenvalue weighted by atomic mass is 32.1. The zero-order valence-electron chi connectivity index (χ0n) is 7.99. The number of hydrogen-bond acceptors (Lipinski definition) is 3. The highest BCUT2D eigenvalue weighted by Crippen LogP contribution is 2.37. The molecule has 0 aromatic carbocycles. The van der Waals surface area contributed by atoms with Gasteiger partial charge in [0.1, 0.15) is 0 Å². The smallest absolute Gasteiger partial charge is 0.0969 e. The van der Waals surface area contributed by atoms with E-state index in [-0.39, 0.29) is 0 Å². The fourth-order valence-electron chi connectivity index (χ4n) is 1.52. The third-order valence-electron chi connectivity index (χ3n) is 2.84. The number of hydrogen-bond donors (Lipinski definition) is 1. The van der Waals surface area contributed by atoms with E-state index in [1.54, 1.807) is 11.3 Å². The molecule has 1 unspecified atom stereocenters. The SMILES string of the molecule is CC(CN)c1nc(C2CCC2)cs1. The molecule has 1 aliphatic carbocycles. The summed E-state index contributed by atoms with van der Waals surface area (Å²) in [4.78, 5) is 4.64. The quantitative estimate of drug-likeness (QED) is 0.806. The van der Waals surface area contributed by atoms with Crippen molar-refractivity contribution in [3.8, 4) is 0 Å². The van der Waals surface area contributed by atoms with Crippen LogP contribution in [-0.4, -0.2) is 11.5 Å². The molecule has 0 bridgehead atoms. The Labute approximate surface area is 83.2 Å². The number of thiazole rings is 1. The van der Waals surface area contributed by atoms with Gasteiger partial charge in [-0.2, -0.15) is 0 Å². The molecule has 1 fully saturated rings. The third kappa shape index (κ3) is 1.76. The van der Waals surface area contributed by atoms with Crippen molar-refractivity contribution >= 4 is 11.3 Å². The fraction of sp³-hybridized carbons (Fsp3) is 0.700. The van der Waals surface area contributed by atoms with Crippen LogP contribution in [0.15, 0.2) is 5.38 Å². The lowest BCUT2D eigenvalue weighted by Crippen LogP contribution is -2.11. The zero-order chi connectivity index (χ0) is 9.26. The predicted octanol–water partition coefficient (Wildman–Crippen LogP) is 2.47. The molecular formula is C10H16N2S. The molecule has 0 spiro atoms. The Morgan fingerprint density at radius 1 is 1.69 bits per heavy atom. The summed E-state index contributed by atoms with van der Waals surface area (Å²) in [5, 5.41) is 3.43. The number of nitrogens with zero attached hydrogens (tertiary/aromatic N) is 1. The van der Waals surface area contributed by atoms with Crippen LogP contribution in [0.1, 0.15) is 48.7 Å². The molecule has 1 aromatic rings. The summed E-state index contributed by atoms with van der Waals surface area (Å²) < 4.78 is 0. The van der Waals surface area contributed by atoms with Crippen LogP contribution in [0.3, 0.4) is 0 Å². The second-order valence-corrected chi connectivity index (χ2v) is 4.76. The molecule has 0 aliphatic heterocycles. The average Bonchev–Trinajstić information content (AvgIpc) is 2.49. The molecule has 2 rings (SSSR count). The van der Waals surface area contributed by atoms with Gasteiger partial charge in [-0.25, -0.2) is 4.98 Å². The lowest BCUT2D eigenvalue weighted by Gasteiger charge is -2.23. The van der Waals surface area contributed by atoms with Gasteiger partial charge in [-0.1, -0.05) is 13.3 Å². The monoisotopic (exact) mass is 196 g/mol. The molecule has 2 nitrogen and oxygen atoms in total. The van der Waals surface area contributed by atoms with E-state index >= 15 is 0 Å². The van der Waals surface area contributed by atoms with Crippen LogP contribution in [0.25, 0.3) is 0 Å². The fourth-order valence-corrected chi connectivity index (χ4v) is 2.49. The molecule has 0 radical (unpaired) electrons. The first-order chi connectivity index (χ1) is 6.31.